The molecule has 0 amide bonds. The second-order valence-electron chi connectivity index (χ2n) is 10.7. The average molecular weight is 601 g/mol. The smallest absolute Gasteiger partial charge is 0.119 e. The number of ether oxygens (including phenoxy) is 4. The van der Waals surface area contributed by atoms with Gasteiger partial charge in [0.15, 0.2) is 0 Å². The van der Waals surface area contributed by atoms with E-state index in [4.69, 9.17) is 18.9 Å². The van der Waals surface area contributed by atoms with E-state index in [1.165, 1.54) is 22.3 Å². The van der Waals surface area contributed by atoms with Crippen LogP contribution in [0, 0.1) is 0 Å². The molecule has 4 rings (SSSR count). The predicted octanol–water partition coefficient (Wildman–Crippen LogP) is 10.1. The van der Waals surface area contributed by atoms with Crippen LogP contribution in [0.3, 0.4) is 0 Å². The van der Waals surface area contributed by atoms with Crippen LogP contribution in [0.15, 0.2) is 148 Å². The summed E-state index contributed by atoms with van der Waals surface area (Å²) in [6.07, 6.45) is 10.0. The lowest BCUT2D eigenvalue weighted by Crippen LogP contribution is -2.06. The highest BCUT2D eigenvalue weighted by Crippen LogP contribution is 2.36. The lowest BCUT2D eigenvalue weighted by molar-refractivity contribution is 0.363. The fourth-order valence-electron chi connectivity index (χ4n) is 5.38. The topological polar surface area (TPSA) is 36.9 Å². The van der Waals surface area contributed by atoms with Gasteiger partial charge >= 0.3 is 0 Å². The van der Waals surface area contributed by atoms with Gasteiger partial charge in [-0.3, -0.25) is 0 Å². The highest BCUT2D eigenvalue weighted by molar-refractivity contribution is 5.40. The van der Waals surface area contributed by atoms with Gasteiger partial charge in [0, 0.05) is 11.8 Å². The van der Waals surface area contributed by atoms with Gasteiger partial charge in [0.2, 0.25) is 0 Å². The molecular weight excluding hydrogens is 556 g/mol. The molecule has 0 saturated carbocycles. The fourth-order valence-corrected chi connectivity index (χ4v) is 5.38. The van der Waals surface area contributed by atoms with Crippen LogP contribution >= 0.6 is 0 Å². The molecule has 4 heteroatoms. The molecule has 4 aromatic rings. The zero-order valence-corrected chi connectivity index (χ0v) is 26.1. The Labute approximate surface area is 269 Å². The number of hydrogen-bond acceptors (Lipinski definition) is 4. The number of rotatable bonds is 20. The molecule has 0 atom stereocenters. The van der Waals surface area contributed by atoms with Gasteiger partial charge in [0.05, 0.1) is 0 Å². The Morgan fingerprint density at radius 1 is 0.378 bits per heavy atom. The molecule has 0 heterocycles. The molecule has 4 aromatic carbocycles. The van der Waals surface area contributed by atoms with Crippen LogP contribution in [-0.2, 0) is 0 Å². The third-order valence-corrected chi connectivity index (χ3v) is 7.59. The molecule has 0 fully saturated rings. The standard InChI is InChI=1S/C41H44O4/c1-5-28-42-36-20-12-32(13-21-36)40(33-14-22-37(23-15-33)43-29-6-2)10-9-11-41(34-16-24-38(25-17-34)44-30-7-3)35-18-26-39(27-19-35)45-31-8-4/h5-8,12-27,40-41H,1-4,9-11,28-31H2. The van der Waals surface area contributed by atoms with E-state index < -0.39 is 0 Å². The van der Waals surface area contributed by atoms with Crippen molar-refractivity contribution in [2.24, 2.45) is 0 Å². The van der Waals surface area contributed by atoms with Crippen molar-refractivity contribution in [2.75, 3.05) is 26.4 Å². The first-order chi connectivity index (χ1) is 22.1. The third-order valence-electron chi connectivity index (χ3n) is 7.59. The van der Waals surface area contributed by atoms with Crippen LogP contribution in [0.5, 0.6) is 23.0 Å². The molecule has 4 nitrogen and oxygen atoms in total. The van der Waals surface area contributed by atoms with Gasteiger partial charge in [0.25, 0.3) is 0 Å². The molecule has 0 radical (unpaired) electrons. The SMILES string of the molecule is C=CCOc1ccc(C(CCCC(c2ccc(OCC=C)cc2)c2ccc(OCC=C)cc2)c2ccc(OCC=C)cc2)cc1. The lowest BCUT2D eigenvalue weighted by atomic mass is 9.82. The van der Waals surface area contributed by atoms with E-state index in [0.717, 1.165) is 42.3 Å². The summed E-state index contributed by atoms with van der Waals surface area (Å²) in [5, 5.41) is 0. The van der Waals surface area contributed by atoms with Crippen molar-refractivity contribution in [3.05, 3.63) is 170 Å². The molecule has 0 spiro atoms. The normalized spacial score (nSPS) is 10.7. The van der Waals surface area contributed by atoms with Crippen molar-refractivity contribution in [1.29, 1.82) is 0 Å². The third kappa shape index (κ3) is 10.0. The maximum Gasteiger partial charge on any atom is 0.119 e. The Kier molecular flexibility index (Phi) is 13.2. The van der Waals surface area contributed by atoms with E-state index in [2.05, 4.69) is 74.8 Å². The van der Waals surface area contributed by atoms with Crippen molar-refractivity contribution in [3.63, 3.8) is 0 Å². The Balaban J connectivity index is 1.57. The maximum atomic E-state index is 5.75. The van der Waals surface area contributed by atoms with Gasteiger partial charge in [0.1, 0.15) is 49.4 Å². The summed E-state index contributed by atoms with van der Waals surface area (Å²) < 4.78 is 23.0. The molecule has 232 valence electrons. The Morgan fingerprint density at radius 2 is 0.600 bits per heavy atom. The van der Waals surface area contributed by atoms with E-state index in [1.807, 2.05) is 48.5 Å². The van der Waals surface area contributed by atoms with Crippen LogP contribution in [0.25, 0.3) is 0 Å². The van der Waals surface area contributed by atoms with Crippen molar-refractivity contribution < 1.29 is 18.9 Å². The van der Waals surface area contributed by atoms with Gasteiger partial charge in [-0.25, -0.2) is 0 Å². The Hall–Kier alpha value is -4.96. The fraction of sp³-hybridized carbons (Fsp3) is 0.220. The van der Waals surface area contributed by atoms with Crippen LogP contribution in [0.4, 0.5) is 0 Å². The second-order valence-corrected chi connectivity index (χ2v) is 10.7. The summed E-state index contributed by atoms with van der Waals surface area (Å²) in [4.78, 5) is 0. The summed E-state index contributed by atoms with van der Waals surface area (Å²) in [7, 11) is 0. The quantitative estimate of drug-likeness (QED) is 0.0946. The van der Waals surface area contributed by atoms with Crippen molar-refractivity contribution in [3.8, 4) is 23.0 Å². The molecule has 0 aliphatic rings. The highest BCUT2D eigenvalue weighted by Gasteiger charge is 2.19. The van der Waals surface area contributed by atoms with E-state index >= 15 is 0 Å². The molecule has 0 aromatic heterocycles. The first-order valence-corrected chi connectivity index (χ1v) is 15.5. The molecule has 0 unspecified atom stereocenters. The van der Waals surface area contributed by atoms with Crippen molar-refractivity contribution in [2.45, 2.75) is 31.1 Å². The first-order valence-electron chi connectivity index (χ1n) is 15.5. The monoisotopic (exact) mass is 600 g/mol. The average Bonchev–Trinajstić information content (AvgIpc) is 3.09. The minimum Gasteiger partial charge on any atom is -0.490 e. The Bertz CT molecular complexity index is 1240. The van der Waals surface area contributed by atoms with E-state index in [9.17, 15) is 0 Å². The summed E-state index contributed by atoms with van der Waals surface area (Å²) in [6, 6.07) is 33.7. The number of hydrogen-bond donors (Lipinski definition) is 0. The van der Waals surface area contributed by atoms with Crippen LogP contribution in [0.2, 0.25) is 0 Å². The molecule has 0 aliphatic heterocycles. The van der Waals surface area contributed by atoms with E-state index in [1.54, 1.807) is 24.3 Å². The predicted molar refractivity (Wildman–Crippen MR) is 186 cm³/mol. The van der Waals surface area contributed by atoms with Gasteiger partial charge in [-0.1, -0.05) is 106 Å². The van der Waals surface area contributed by atoms with Gasteiger partial charge in [-0.15, -0.1) is 0 Å². The first kappa shape index (κ1) is 32.9. The summed E-state index contributed by atoms with van der Waals surface area (Å²) in [6.45, 7) is 16.9. The van der Waals surface area contributed by atoms with Crippen molar-refractivity contribution >= 4 is 0 Å². The molecule has 0 N–H and O–H groups in total. The van der Waals surface area contributed by atoms with Crippen LogP contribution < -0.4 is 18.9 Å². The van der Waals surface area contributed by atoms with Crippen LogP contribution in [0.1, 0.15) is 53.4 Å². The van der Waals surface area contributed by atoms with Gasteiger partial charge in [-0.2, -0.15) is 0 Å². The molecule has 0 aliphatic carbocycles. The molecule has 0 saturated heterocycles. The zero-order valence-electron chi connectivity index (χ0n) is 26.1. The molecule has 0 bridgehead atoms. The lowest BCUT2D eigenvalue weighted by Gasteiger charge is -2.22. The van der Waals surface area contributed by atoms with Crippen LogP contribution in [-0.4, -0.2) is 26.4 Å². The highest BCUT2D eigenvalue weighted by atomic mass is 16.5. The summed E-state index contributed by atoms with van der Waals surface area (Å²) >= 11 is 0. The minimum atomic E-state index is 0.219. The molecular formula is C41H44O4. The zero-order chi connectivity index (χ0) is 31.7. The van der Waals surface area contributed by atoms with Gasteiger partial charge < -0.3 is 18.9 Å². The summed E-state index contributed by atoms with van der Waals surface area (Å²) in [5.41, 5.74) is 5.02. The van der Waals surface area contributed by atoms with Crippen molar-refractivity contribution in [1.82, 2.24) is 0 Å². The number of benzene rings is 4. The summed E-state index contributed by atoms with van der Waals surface area (Å²) in [5.74, 6) is 3.80. The minimum absolute atomic E-state index is 0.219. The van der Waals surface area contributed by atoms with E-state index in [0.29, 0.717) is 26.4 Å². The van der Waals surface area contributed by atoms with Gasteiger partial charge in [-0.05, 0) is 83.6 Å². The second kappa shape index (κ2) is 18.0. The molecule has 45 heavy (non-hydrogen) atoms. The largest absolute Gasteiger partial charge is 0.490 e. The maximum absolute atomic E-state index is 5.75. The Morgan fingerprint density at radius 3 is 0.800 bits per heavy atom. The van der Waals surface area contributed by atoms with E-state index in [-0.39, 0.29) is 11.8 Å².